The SMILES string of the molecule is COCCNCC1(Cc2cccc(O)c2)CC2CC2C1. The molecule has 3 nitrogen and oxygen atoms in total. The van der Waals surface area contributed by atoms with Crippen molar-refractivity contribution in [2.75, 3.05) is 26.8 Å². The first-order valence-electron chi connectivity index (χ1n) is 7.68. The monoisotopic (exact) mass is 275 g/mol. The smallest absolute Gasteiger partial charge is 0.115 e. The number of phenolic OH excluding ortho intramolecular Hbond substituents is 1. The summed E-state index contributed by atoms with van der Waals surface area (Å²) in [7, 11) is 1.74. The Balaban J connectivity index is 1.63. The first-order valence-corrected chi connectivity index (χ1v) is 7.68. The van der Waals surface area contributed by atoms with Crippen LogP contribution in [0.4, 0.5) is 0 Å². The molecule has 3 rings (SSSR count). The average molecular weight is 275 g/mol. The fourth-order valence-electron chi connectivity index (χ4n) is 3.98. The summed E-state index contributed by atoms with van der Waals surface area (Å²) in [5.41, 5.74) is 1.65. The second-order valence-electron chi connectivity index (χ2n) is 6.68. The Labute approximate surface area is 121 Å². The van der Waals surface area contributed by atoms with E-state index in [-0.39, 0.29) is 0 Å². The Bertz CT molecular complexity index is 450. The minimum Gasteiger partial charge on any atom is -0.508 e. The van der Waals surface area contributed by atoms with Crippen LogP contribution >= 0.6 is 0 Å². The third-order valence-electron chi connectivity index (χ3n) is 4.93. The standard InChI is InChI=1S/C17H25NO2/c1-20-6-5-18-12-17(10-14-8-15(14)11-17)9-13-3-2-4-16(19)7-13/h2-4,7,14-15,18-19H,5-6,8-12H2,1H3. The lowest BCUT2D eigenvalue weighted by atomic mass is 9.77. The summed E-state index contributed by atoms with van der Waals surface area (Å²) in [6.45, 7) is 2.77. The van der Waals surface area contributed by atoms with Gasteiger partial charge in [-0.1, -0.05) is 12.1 Å². The number of nitrogens with one attached hydrogen (secondary N) is 1. The molecule has 2 aliphatic carbocycles. The van der Waals surface area contributed by atoms with E-state index in [2.05, 4.69) is 11.4 Å². The Kier molecular flexibility index (Phi) is 3.99. The maximum absolute atomic E-state index is 9.65. The van der Waals surface area contributed by atoms with Crippen molar-refractivity contribution >= 4 is 0 Å². The number of ether oxygens (including phenoxy) is 1. The molecule has 2 aliphatic rings. The fraction of sp³-hybridized carbons (Fsp3) is 0.647. The molecule has 2 N–H and O–H groups in total. The molecular weight excluding hydrogens is 250 g/mol. The van der Waals surface area contributed by atoms with Crippen LogP contribution in [0.5, 0.6) is 5.75 Å². The lowest BCUT2D eigenvalue weighted by Gasteiger charge is -2.31. The van der Waals surface area contributed by atoms with Gasteiger partial charge < -0.3 is 15.2 Å². The molecule has 0 radical (unpaired) electrons. The Morgan fingerprint density at radius 2 is 2.15 bits per heavy atom. The lowest BCUT2D eigenvalue weighted by molar-refractivity contribution is 0.186. The Morgan fingerprint density at radius 3 is 2.85 bits per heavy atom. The van der Waals surface area contributed by atoms with Crippen LogP contribution in [0.2, 0.25) is 0 Å². The van der Waals surface area contributed by atoms with Gasteiger partial charge in [0.05, 0.1) is 6.61 Å². The summed E-state index contributed by atoms with van der Waals surface area (Å²) in [4.78, 5) is 0. The zero-order chi connectivity index (χ0) is 14.0. The van der Waals surface area contributed by atoms with Crippen molar-refractivity contribution in [2.24, 2.45) is 17.3 Å². The summed E-state index contributed by atoms with van der Waals surface area (Å²) in [5.74, 6) is 2.32. The van der Waals surface area contributed by atoms with Crippen LogP contribution in [0, 0.1) is 17.3 Å². The minimum atomic E-state index is 0.383. The van der Waals surface area contributed by atoms with Gasteiger partial charge >= 0.3 is 0 Å². The van der Waals surface area contributed by atoms with Crippen molar-refractivity contribution in [3.05, 3.63) is 29.8 Å². The molecule has 2 unspecified atom stereocenters. The molecule has 0 aromatic heterocycles. The highest BCUT2D eigenvalue weighted by Gasteiger charge is 2.53. The van der Waals surface area contributed by atoms with Crippen LogP contribution < -0.4 is 5.32 Å². The number of hydrogen-bond donors (Lipinski definition) is 2. The molecule has 2 atom stereocenters. The van der Waals surface area contributed by atoms with E-state index < -0.39 is 0 Å². The van der Waals surface area contributed by atoms with Crippen LogP contribution in [-0.2, 0) is 11.2 Å². The summed E-state index contributed by atoms with van der Waals surface area (Å²) < 4.78 is 5.11. The number of benzene rings is 1. The van der Waals surface area contributed by atoms with Crippen molar-refractivity contribution in [1.29, 1.82) is 0 Å². The number of phenols is 1. The van der Waals surface area contributed by atoms with Crippen molar-refractivity contribution in [3.63, 3.8) is 0 Å². The first-order chi connectivity index (χ1) is 9.71. The maximum atomic E-state index is 9.65. The summed E-state index contributed by atoms with van der Waals surface area (Å²) in [5, 5.41) is 13.2. The molecule has 0 saturated heterocycles. The van der Waals surface area contributed by atoms with Gasteiger partial charge in [0.1, 0.15) is 5.75 Å². The zero-order valence-corrected chi connectivity index (χ0v) is 12.3. The average Bonchev–Trinajstić information content (AvgIpc) is 3.03. The van der Waals surface area contributed by atoms with Crippen molar-refractivity contribution in [1.82, 2.24) is 5.32 Å². The van der Waals surface area contributed by atoms with Crippen molar-refractivity contribution < 1.29 is 9.84 Å². The minimum absolute atomic E-state index is 0.383. The molecule has 0 amide bonds. The zero-order valence-electron chi connectivity index (χ0n) is 12.3. The molecule has 0 bridgehead atoms. The van der Waals surface area contributed by atoms with Gasteiger partial charge in [-0.2, -0.15) is 0 Å². The van der Waals surface area contributed by atoms with Gasteiger partial charge in [-0.15, -0.1) is 0 Å². The van der Waals surface area contributed by atoms with E-state index in [0.717, 1.165) is 38.0 Å². The highest BCUT2D eigenvalue weighted by atomic mass is 16.5. The van der Waals surface area contributed by atoms with Gasteiger partial charge in [0.15, 0.2) is 0 Å². The molecular formula is C17H25NO2. The third kappa shape index (κ3) is 3.15. The van der Waals surface area contributed by atoms with Gasteiger partial charge in [-0.3, -0.25) is 0 Å². The maximum Gasteiger partial charge on any atom is 0.115 e. The lowest BCUT2D eigenvalue weighted by Crippen LogP contribution is -2.36. The molecule has 0 aliphatic heterocycles. The number of hydrogen-bond acceptors (Lipinski definition) is 3. The number of fused-ring (bicyclic) bond motifs is 1. The molecule has 110 valence electrons. The van der Waals surface area contributed by atoms with Gasteiger partial charge in [0.2, 0.25) is 0 Å². The first kappa shape index (κ1) is 13.9. The predicted molar refractivity (Wildman–Crippen MR) is 79.8 cm³/mol. The van der Waals surface area contributed by atoms with Crippen LogP contribution in [0.25, 0.3) is 0 Å². The van der Waals surface area contributed by atoms with E-state index in [1.807, 2.05) is 12.1 Å². The quantitative estimate of drug-likeness (QED) is 0.752. The van der Waals surface area contributed by atoms with Crippen LogP contribution in [0.1, 0.15) is 24.8 Å². The van der Waals surface area contributed by atoms with E-state index in [9.17, 15) is 5.11 Å². The van der Waals surface area contributed by atoms with Gasteiger partial charge in [-0.05, 0) is 60.6 Å². The second-order valence-corrected chi connectivity index (χ2v) is 6.68. The van der Waals surface area contributed by atoms with Crippen LogP contribution in [0.15, 0.2) is 24.3 Å². The van der Waals surface area contributed by atoms with Gasteiger partial charge in [-0.25, -0.2) is 0 Å². The van der Waals surface area contributed by atoms with E-state index in [4.69, 9.17) is 4.74 Å². The summed E-state index contributed by atoms with van der Waals surface area (Å²) in [6, 6.07) is 7.76. The highest BCUT2D eigenvalue weighted by Crippen LogP contribution is 2.60. The van der Waals surface area contributed by atoms with Crippen molar-refractivity contribution in [2.45, 2.75) is 25.7 Å². The molecule has 2 fully saturated rings. The number of rotatable bonds is 7. The second kappa shape index (κ2) is 5.74. The van der Waals surface area contributed by atoms with E-state index in [0.29, 0.717) is 11.2 Å². The number of aromatic hydroxyl groups is 1. The molecule has 1 aromatic carbocycles. The Morgan fingerprint density at radius 1 is 1.35 bits per heavy atom. The van der Waals surface area contributed by atoms with Gasteiger partial charge in [0, 0.05) is 20.2 Å². The summed E-state index contributed by atoms with van der Waals surface area (Å²) in [6.07, 6.45) is 5.20. The van der Waals surface area contributed by atoms with Crippen molar-refractivity contribution in [3.8, 4) is 5.75 Å². The van der Waals surface area contributed by atoms with E-state index in [1.165, 1.54) is 24.8 Å². The molecule has 3 heteroatoms. The fourth-order valence-corrected chi connectivity index (χ4v) is 3.98. The topological polar surface area (TPSA) is 41.5 Å². The van der Waals surface area contributed by atoms with E-state index >= 15 is 0 Å². The molecule has 0 heterocycles. The highest BCUT2D eigenvalue weighted by molar-refractivity contribution is 5.28. The number of methoxy groups -OCH3 is 1. The largest absolute Gasteiger partial charge is 0.508 e. The molecule has 20 heavy (non-hydrogen) atoms. The van der Waals surface area contributed by atoms with Crippen LogP contribution in [0.3, 0.4) is 0 Å². The molecule has 2 saturated carbocycles. The predicted octanol–water partition coefficient (Wildman–Crippen LogP) is 2.59. The van der Waals surface area contributed by atoms with E-state index in [1.54, 1.807) is 13.2 Å². The third-order valence-corrected chi connectivity index (χ3v) is 4.93. The molecule has 1 aromatic rings. The van der Waals surface area contributed by atoms with Crippen LogP contribution in [-0.4, -0.2) is 31.9 Å². The normalized spacial score (nSPS) is 31.2. The molecule has 0 spiro atoms. The van der Waals surface area contributed by atoms with Gasteiger partial charge in [0.25, 0.3) is 0 Å². The Hall–Kier alpha value is -1.06. The summed E-state index contributed by atoms with van der Waals surface area (Å²) >= 11 is 0.